The number of benzene rings is 3. The first-order valence-corrected chi connectivity index (χ1v) is 13.9. The van der Waals surface area contributed by atoms with Gasteiger partial charge in [-0.2, -0.15) is 0 Å². The summed E-state index contributed by atoms with van der Waals surface area (Å²) in [7, 11) is 1.44. The molecule has 1 atom stereocenters. The third-order valence-electron chi connectivity index (χ3n) is 6.67. The minimum atomic E-state index is -0.776. The van der Waals surface area contributed by atoms with Gasteiger partial charge < -0.3 is 14.2 Å². The summed E-state index contributed by atoms with van der Waals surface area (Å²) in [6, 6.07) is 20.5. The molecule has 0 N–H and O–H groups in total. The number of thiazole rings is 1. The Hall–Kier alpha value is -5.03. The lowest BCUT2D eigenvalue weighted by Gasteiger charge is -2.24. The van der Waals surface area contributed by atoms with Gasteiger partial charge in [0.25, 0.3) is 11.2 Å². The number of hydrogen-bond donors (Lipinski definition) is 0. The van der Waals surface area contributed by atoms with Gasteiger partial charge in [0, 0.05) is 0 Å². The first kappa shape index (κ1) is 28.5. The van der Waals surface area contributed by atoms with Crippen LogP contribution in [0.5, 0.6) is 11.5 Å². The summed E-state index contributed by atoms with van der Waals surface area (Å²) >= 11 is 1.08. The number of nitrogens with zero attached hydrogens (tertiary/aromatic N) is 3. The summed E-state index contributed by atoms with van der Waals surface area (Å²) in [5.74, 6) is -0.0862. The Morgan fingerprint density at radius 3 is 2.43 bits per heavy atom. The number of carbonyl (C=O) groups excluding carboxylic acids is 1. The molecule has 0 unspecified atom stereocenters. The number of fused-ring (bicyclic) bond motifs is 1. The molecular weight excluding hydrogens is 558 g/mol. The Morgan fingerprint density at radius 1 is 1.10 bits per heavy atom. The van der Waals surface area contributed by atoms with Crippen LogP contribution in [0, 0.1) is 10.1 Å². The van der Waals surface area contributed by atoms with Gasteiger partial charge in [-0.25, -0.2) is 9.79 Å². The number of hydrogen-bond acceptors (Lipinski definition) is 9. The summed E-state index contributed by atoms with van der Waals surface area (Å²) < 4.78 is 18.3. The predicted molar refractivity (Wildman–Crippen MR) is 157 cm³/mol. The van der Waals surface area contributed by atoms with Crippen LogP contribution in [0.2, 0.25) is 0 Å². The van der Waals surface area contributed by atoms with Crippen LogP contribution in [0.1, 0.15) is 36.6 Å². The van der Waals surface area contributed by atoms with Gasteiger partial charge in [0.05, 0.1) is 52.1 Å². The molecule has 3 aromatic carbocycles. The molecule has 4 aromatic rings. The van der Waals surface area contributed by atoms with E-state index in [-0.39, 0.29) is 46.1 Å². The van der Waals surface area contributed by atoms with E-state index in [2.05, 4.69) is 4.99 Å². The van der Waals surface area contributed by atoms with Crippen molar-refractivity contribution in [3.05, 3.63) is 131 Å². The van der Waals surface area contributed by atoms with Crippen LogP contribution in [-0.4, -0.2) is 29.2 Å². The van der Waals surface area contributed by atoms with E-state index in [1.54, 1.807) is 13.8 Å². The lowest BCUT2D eigenvalue weighted by Crippen LogP contribution is -2.39. The van der Waals surface area contributed by atoms with Gasteiger partial charge in [0.2, 0.25) is 0 Å². The van der Waals surface area contributed by atoms with E-state index in [9.17, 15) is 19.7 Å². The zero-order chi connectivity index (χ0) is 29.8. The molecule has 10 nitrogen and oxygen atoms in total. The number of carbonyl (C=O) groups is 1. The molecule has 2 heterocycles. The molecule has 214 valence electrons. The summed E-state index contributed by atoms with van der Waals surface area (Å²) in [6.45, 7) is 3.76. The topological polar surface area (TPSA) is 122 Å². The largest absolute Gasteiger partial charge is 0.493 e. The molecule has 1 aliphatic heterocycles. The zero-order valence-electron chi connectivity index (χ0n) is 23.1. The summed E-state index contributed by atoms with van der Waals surface area (Å²) in [4.78, 5) is 43.4. The van der Waals surface area contributed by atoms with E-state index in [4.69, 9.17) is 14.2 Å². The molecule has 0 amide bonds. The van der Waals surface area contributed by atoms with Crippen molar-refractivity contribution in [1.82, 2.24) is 4.57 Å². The van der Waals surface area contributed by atoms with Crippen LogP contribution in [-0.2, 0) is 16.1 Å². The molecule has 0 fully saturated rings. The van der Waals surface area contributed by atoms with Crippen LogP contribution >= 0.6 is 11.3 Å². The lowest BCUT2D eigenvalue weighted by atomic mass is 9.96. The molecule has 0 radical (unpaired) electrons. The third kappa shape index (κ3) is 5.59. The summed E-state index contributed by atoms with van der Waals surface area (Å²) in [6.07, 6.45) is 1.44. The highest BCUT2D eigenvalue weighted by molar-refractivity contribution is 7.07. The third-order valence-corrected chi connectivity index (χ3v) is 7.65. The van der Waals surface area contributed by atoms with Gasteiger partial charge in [-0.15, -0.1) is 0 Å². The molecule has 42 heavy (non-hydrogen) atoms. The molecule has 0 aliphatic carbocycles. The van der Waals surface area contributed by atoms with Gasteiger partial charge in [-0.05, 0) is 37.1 Å². The Labute approximate surface area is 244 Å². The molecule has 0 bridgehead atoms. The number of aromatic nitrogens is 1. The highest BCUT2D eigenvalue weighted by atomic mass is 32.1. The Balaban J connectivity index is 1.63. The second kappa shape index (κ2) is 12.2. The van der Waals surface area contributed by atoms with Crippen molar-refractivity contribution >= 4 is 29.1 Å². The second-order valence-electron chi connectivity index (χ2n) is 9.31. The Kier molecular flexibility index (Phi) is 8.30. The van der Waals surface area contributed by atoms with Gasteiger partial charge in [0.15, 0.2) is 16.3 Å². The van der Waals surface area contributed by atoms with Crippen LogP contribution in [0.25, 0.3) is 6.08 Å². The first-order valence-electron chi connectivity index (χ1n) is 13.1. The van der Waals surface area contributed by atoms with Gasteiger partial charge in [0.1, 0.15) is 6.61 Å². The smallest absolute Gasteiger partial charge is 0.338 e. The number of esters is 1. The van der Waals surface area contributed by atoms with Crippen molar-refractivity contribution in [2.24, 2.45) is 4.99 Å². The zero-order valence-corrected chi connectivity index (χ0v) is 23.9. The normalized spacial score (nSPS) is 14.6. The predicted octanol–water partition coefficient (Wildman–Crippen LogP) is 4.29. The maximum absolute atomic E-state index is 13.9. The summed E-state index contributed by atoms with van der Waals surface area (Å²) in [5, 5.41) is 12.1. The molecule has 11 heteroatoms. The molecule has 0 saturated heterocycles. The minimum absolute atomic E-state index is 0.159. The van der Waals surface area contributed by atoms with Crippen molar-refractivity contribution in [2.75, 3.05) is 13.7 Å². The number of nitro groups is 1. The highest BCUT2D eigenvalue weighted by Gasteiger charge is 2.33. The maximum atomic E-state index is 13.9. The molecular formula is C31H27N3O7S. The van der Waals surface area contributed by atoms with Crippen LogP contribution < -0.4 is 24.4 Å². The second-order valence-corrected chi connectivity index (χ2v) is 10.3. The molecule has 5 rings (SSSR count). The monoisotopic (exact) mass is 585 g/mol. The first-order chi connectivity index (χ1) is 20.3. The molecule has 0 spiro atoms. The number of ether oxygens (including phenoxy) is 3. The van der Waals surface area contributed by atoms with Crippen LogP contribution in [0.3, 0.4) is 0 Å². The van der Waals surface area contributed by atoms with E-state index in [0.29, 0.717) is 16.1 Å². The fourth-order valence-corrected chi connectivity index (χ4v) is 5.77. The van der Waals surface area contributed by atoms with Gasteiger partial charge >= 0.3 is 5.97 Å². The number of rotatable bonds is 9. The van der Waals surface area contributed by atoms with E-state index < -0.39 is 22.5 Å². The Morgan fingerprint density at radius 2 is 1.79 bits per heavy atom. The van der Waals surface area contributed by atoms with Crippen LogP contribution in [0.4, 0.5) is 5.69 Å². The van der Waals surface area contributed by atoms with E-state index in [1.807, 2.05) is 60.7 Å². The number of allylic oxidation sites excluding steroid dienone is 1. The van der Waals surface area contributed by atoms with E-state index in [1.165, 1.54) is 29.9 Å². The SMILES string of the molecule is CCOC(=O)C1=C(C)N=c2s/c(=C\c3cc(OC)c(OCc4ccccc4)cc3[N+](=O)[O-])c(=O)n2[C@@H]1c1ccccc1. The van der Waals surface area contributed by atoms with Crippen LogP contribution in [0.15, 0.2) is 93.9 Å². The maximum Gasteiger partial charge on any atom is 0.338 e. The van der Waals surface area contributed by atoms with Crippen molar-refractivity contribution in [3.8, 4) is 11.5 Å². The average molecular weight is 586 g/mol. The van der Waals surface area contributed by atoms with Crippen molar-refractivity contribution in [2.45, 2.75) is 26.5 Å². The molecule has 1 aromatic heterocycles. The quantitative estimate of drug-likeness (QED) is 0.163. The lowest BCUT2D eigenvalue weighted by molar-refractivity contribution is -0.385. The summed E-state index contributed by atoms with van der Waals surface area (Å²) in [5.41, 5.74) is 1.74. The number of methoxy groups -OCH3 is 1. The highest BCUT2D eigenvalue weighted by Crippen LogP contribution is 2.36. The standard InChI is InChI=1S/C31H27N3O7S/c1-4-40-30(36)27-19(2)32-31-33(28(27)21-13-9-6-10-14-21)29(35)26(42-31)16-22-15-24(39-3)25(17-23(22)34(37)38)41-18-20-11-7-5-8-12-20/h5-17,28H,4,18H2,1-3H3/b26-16-/t28-/m1/s1. The van der Waals surface area contributed by atoms with E-state index >= 15 is 0 Å². The minimum Gasteiger partial charge on any atom is -0.493 e. The van der Waals surface area contributed by atoms with Crippen molar-refractivity contribution in [3.63, 3.8) is 0 Å². The molecule has 0 saturated carbocycles. The molecule has 1 aliphatic rings. The van der Waals surface area contributed by atoms with E-state index in [0.717, 1.165) is 16.9 Å². The van der Waals surface area contributed by atoms with Crippen molar-refractivity contribution in [1.29, 1.82) is 0 Å². The number of nitro benzene ring substituents is 1. The van der Waals surface area contributed by atoms with Crippen molar-refractivity contribution < 1.29 is 23.9 Å². The fourth-order valence-electron chi connectivity index (χ4n) is 4.73. The Bertz CT molecular complexity index is 1860. The van der Waals surface area contributed by atoms with Gasteiger partial charge in [-0.1, -0.05) is 72.0 Å². The average Bonchev–Trinajstić information content (AvgIpc) is 3.30. The van der Waals surface area contributed by atoms with Gasteiger partial charge in [-0.3, -0.25) is 19.5 Å². The fraction of sp³-hybridized carbons (Fsp3) is 0.194.